The van der Waals surface area contributed by atoms with Crippen molar-refractivity contribution >= 4 is 45.6 Å². The van der Waals surface area contributed by atoms with Crippen LogP contribution in [0.5, 0.6) is 0 Å². The zero-order valence-electron chi connectivity index (χ0n) is 12.7. The van der Waals surface area contributed by atoms with Crippen LogP contribution in [-0.2, 0) is 11.3 Å². The molecule has 6 nitrogen and oxygen atoms in total. The molecule has 0 aliphatic carbocycles. The minimum absolute atomic E-state index is 0.00980. The number of aromatic nitrogens is 3. The number of rotatable bonds is 4. The number of carbonyl (C=O) groups excluding carboxylic acids is 1. The van der Waals surface area contributed by atoms with Gasteiger partial charge in [-0.15, -0.1) is 11.3 Å². The summed E-state index contributed by atoms with van der Waals surface area (Å²) in [5.74, 6) is -2.52. The normalized spacial score (nSPS) is 10.8. The van der Waals surface area contributed by atoms with E-state index in [0.717, 1.165) is 34.3 Å². The number of hydrogen-bond donors (Lipinski definition) is 1. The van der Waals surface area contributed by atoms with Gasteiger partial charge in [0.25, 0.3) is 5.56 Å². The molecule has 0 unspecified atom stereocenters. The first kappa shape index (κ1) is 18.4. The predicted molar refractivity (Wildman–Crippen MR) is 94.6 cm³/mol. The summed E-state index contributed by atoms with van der Waals surface area (Å²) in [6.45, 7) is -0.393. The molecule has 0 atom stereocenters. The Hall–Kier alpha value is -2.36. The van der Waals surface area contributed by atoms with Crippen LogP contribution in [-0.4, -0.2) is 20.7 Å². The van der Waals surface area contributed by atoms with E-state index in [2.05, 4.69) is 15.4 Å². The maximum absolute atomic E-state index is 13.3. The van der Waals surface area contributed by atoms with Crippen molar-refractivity contribution < 1.29 is 13.6 Å². The molecule has 2 heterocycles. The summed E-state index contributed by atoms with van der Waals surface area (Å²) in [5, 5.41) is 7.77. The molecule has 0 bridgehead atoms. The maximum atomic E-state index is 13.3. The first-order valence-corrected chi connectivity index (χ1v) is 8.60. The largest absolute Gasteiger partial charge is 0.300 e. The van der Waals surface area contributed by atoms with Gasteiger partial charge in [-0.2, -0.15) is 5.10 Å². The van der Waals surface area contributed by atoms with Gasteiger partial charge in [0.2, 0.25) is 5.91 Å². The van der Waals surface area contributed by atoms with Crippen molar-refractivity contribution in [2.45, 2.75) is 6.54 Å². The van der Waals surface area contributed by atoms with Crippen LogP contribution >= 0.6 is 34.5 Å². The van der Waals surface area contributed by atoms with Crippen molar-refractivity contribution in [2.75, 3.05) is 5.32 Å². The van der Waals surface area contributed by atoms with Gasteiger partial charge in [0.1, 0.15) is 11.6 Å². The molecule has 0 saturated carbocycles. The van der Waals surface area contributed by atoms with E-state index in [0.29, 0.717) is 11.3 Å². The molecule has 11 heteroatoms. The van der Waals surface area contributed by atoms with E-state index >= 15 is 0 Å². The van der Waals surface area contributed by atoms with Crippen molar-refractivity contribution in [3.63, 3.8) is 0 Å². The van der Waals surface area contributed by atoms with Crippen LogP contribution in [0.15, 0.2) is 34.6 Å². The van der Waals surface area contributed by atoms with Crippen molar-refractivity contribution in [1.82, 2.24) is 14.8 Å². The molecule has 0 fully saturated rings. The Balaban J connectivity index is 1.73. The number of nitrogens with zero attached hydrogens (tertiary/aromatic N) is 3. The number of anilines is 1. The lowest BCUT2D eigenvalue weighted by Crippen LogP contribution is -2.29. The summed E-state index contributed by atoms with van der Waals surface area (Å²) in [6, 6.07) is 3.37. The second-order valence-corrected chi connectivity index (χ2v) is 6.63. The van der Waals surface area contributed by atoms with Gasteiger partial charge in [-0.25, -0.2) is 18.4 Å². The predicted octanol–water partition coefficient (Wildman–Crippen LogP) is 3.59. The second-order valence-electron chi connectivity index (χ2n) is 4.98. The number of carbonyl (C=O) groups is 1. The Bertz CT molecular complexity index is 1050. The first-order valence-electron chi connectivity index (χ1n) is 6.97. The molecule has 1 aromatic carbocycles. The van der Waals surface area contributed by atoms with Gasteiger partial charge in [-0.05, 0) is 18.2 Å². The summed E-state index contributed by atoms with van der Waals surface area (Å²) >= 11 is 12.5. The number of halogens is 4. The van der Waals surface area contributed by atoms with Gasteiger partial charge in [0, 0.05) is 10.9 Å². The van der Waals surface area contributed by atoms with Gasteiger partial charge in [-0.1, -0.05) is 23.2 Å². The fourth-order valence-electron chi connectivity index (χ4n) is 1.97. The lowest BCUT2D eigenvalue weighted by molar-refractivity contribution is -0.117. The van der Waals surface area contributed by atoms with Crippen LogP contribution in [0.25, 0.3) is 11.3 Å². The van der Waals surface area contributed by atoms with E-state index in [1.807, 2.05) is 0 Å². The highest BCUT2D eigenvalue weighted by Gasteiger charge is 2.13. The first-order chi connectivity index (χ1) is 12.3. The smallest absolute Gasteiger partial charge is 0.287 e. The van der Waals surface area contributed by atoms with Crippen LogP contribution in [0.2, 0.25) is 10.0 Å². The molecule has 0 radical (unpaired) electrons. The van der Waals surface area contributed by atoms with Crippen LogP contribution in [0.1, 0.15) is 0 Å². The van der Waals surface area contributed by atoms with Crippen molar-refractivity contribution in [3.8, 4) is 11.3 Å². The number of benzene rings is 1. The lowest BCUT2D eigenvalue weighted by atomic mass is 10.2. The Morgan fingerprint density at radius 3 is 2.77 bits per heavy atom. The summed E-state index contributed by atoms with van der Waals surface area (Å²) in [6.07, 6.45) is 1.16. The van der Waals surface area contributed by atoms with Gasteiger partial charge in [-0.3, -0.25) is 9.59 Å². The molecule has 0 spiro atoms. The van der Waals surface area contributed by atoms with Crippen molar-refractivity contribution in [2.24, 2.45) is 0 Å². The third-order valence-electron chi connectivity index (χ3n) is 3.20. The Labute approximate surface area is 159 Å². The highest BCUT2D eigenvalue weighted by Crippen LogP contribution is 2.26. The number of nitrogens with one attached hydrogen (secondary N) is 1. The molecule has 0 aliphatic rings. The Morgan fingerprint density at radius 1 is 1.27 bits per heavy atom. The quantitative estimate of drug-likeness (QED) is 0.704. The average Bonchev–Trinajstić information content (AvgIpc) is 3.06. The molecule has 0 saturated heterocycles. The van der Waals surface area contributed by atoms with Gasteiger partial charge < -0.3 is 5.32 Å². The summed E-state index contributed by atoms with van der Waals surface area (Å²) < 4.78 is 27.1. The van der Waals surface area contributed by atoms with E-state index in [1.165, 1.54) is 6.07 Å². The standard InChI is InChI=1S/C15H8Cl2F2N4O2S/c16-8-4-20-23(14(25)13(8)17)5-12(24)22-15-21-11(6-26-15)7-1-2-9(18)10(19)3-7/h1-4,6H,5H2,(H,21,22,24). The molecule has 2 aromatic heterocycles. The monoisotopic (exact) mass is 416 g/mol. The fourth-order valence-corrected chi connectivity index (χ4v) is 2.98. The van der Waals surface area contributed by atoms with Gasteiger partial charge >= 0.3 is 0 Å². The molecule has 1 N–H and O–H groups in total. The number of thiazole rings is 1. The fraction of sp³-hybridized carbons (Fsp3) is 0.0667. The summed E-state index contributed by atoms with van der Waals surface area (Å²) in [5.41, 5.74) is 0.0352. The second kappa shape index (κ2) is 7.48. The average molecular weight is 417 g/mol. The SMILES string of the molecule is O=C(Cn1ncc(Cl)c(Cl)c1=O)Nc1nc(-c2ccc(F)c(F)c2)cs1. The highest BCUT2D eigenvalue weighted by molar-refractivity contribution is 7.14. The molecule has 3 rings (SSSR count). The van der Waals surface area contributed by atoms with Crippen LogP contribution in [0.3, 0.4) is 0 Å². The maximum Gasteiger partial charge on any atom is 0.287 e. The molecular weight excluding hydrogens is 409 g/mol. The topological polar surface area (TPSA) is 76.9 Å². The Kier molecular flexibility index (Phi) is 5.30. The van der Waals surface area contributed by atoms with E-state index in [1.54, 1.807) is 5.38 Å². The summed E-state index contributed by atoms with van der Waals surface area (Å²) in [7, 11) is 0. The lowest BCUT2D eigenvalue weighted by Gasteiger charge is -2.05. The van der Waals surface area contributed by atoms with Crippen molar-refractivity contribution in [3.05, 3.63) is 61.8 Å². The minimum Gasteiger partial charge on any atom is -0.300 e. The van der Waals surface area contributed by atoms with Crippen LogP contribution < -0.4 is 10.9 Å². The minimum atomic E-state index is -0.994. The molecule has 134 valence electrons. The van der Waals surface area contributed by atoms with Gasteiger partial charge in [0.15, 0.2) is 16.8 Å². The number of hydrogen-bond acceptors (Lipinski definition) is 5. The van der Waals surface area contributed by atoms with E-state index in [4.69, 9.17) is 23.2 Å². The van der Waals surface area contributed by atoms with Crippen LogP contribution in [0.4, 0.5) is 13.9 Å². The van der Waals surface area contributed by atoms with E-state index < -0.39 is 29.6 Å². The molecule has 0 aliphatic heterocycles. The molecule has 26 heavy (non-hydrogen) atoms. The molecule has 1 amide bonds. The zero-order valence-corrected chi connectivity index (χ0v) is 15.0. The van der Waals surface area contributed by atoms with E-state index in [9.17, 15) is 18.4 Å². The van der Waals surface area contributed by atoms with E-state index in [-0.39, 0.29) is 15.2 Å². The summed E-state index contributed by atoms with van der Waals surface area (Å²) in [4.78, 5) is 28.0. The third-order valence-corrected chi connectivity index (χ3v) is 4.71. The van der Waals surface area contributed by atoms with Crippen LogP contribution in [0, 0.1) is 11.6 Å². The number of amides is 1. The van der Waals surface area contributed by atoms with Gasteiger partial charge in [0.05, 0.1) is 16.9 Å². The molecular formula is C15H8Cl2F2N4O2S. The Morgan fingerprint density at radius 2 is 2.04 bits per heavy atom. The highest BCUT2D eigenvalue weighted by atomic mass is 35.5. The third kappa shape index (κ3) is 3.90. The van der Waals surface area contributed by atoms with Crippen molar-refractivity contribution in [1.29, 1.82) is 0 Å². The molecule has 3 aromatic rings. The zero-order chi connectivity index (χ0) is 18.8.